The summed E-state index contributed by atoms with van der Waals surface area (Å²) in [6.07, 6.45) is 10.8. The number of aliphatic hydroxyl groups excluding tert-OH is 2. The van der Waals surface area contributed by atoms with Crippen LogP contribution in [-0.2, 0) is 4.79 Å². The third kappa shape index (κ3) is 2.59. The molecule has 2 N–H and O–H groups in total. The molecule has 0 aromatic rings. The third-order valence-corrected chi connectivity index (χ3v) is 12.4. The van der Waals surface area contributed by atoms with Gasteiger partial charge in [0.15, 0.2) is 0 Å². The smallest absolute Gasteiger partial charge is 0.138 e. The summed E-state index contributed by atoms with van der Waals surface area (Å²) in [7, 11) is 0. The zero-order valence-corrected chi connectivity index (χ0v) is 21.0. The molecule has 5 aliphatic rings. The van der Waals surface area contributed by atoms with Gasteiger partial charge in [-0.2, -0.15) is 0 Å². The van der Waals surface area contributed by atoms with Gasteiger partial charge in [0.25, 0.3) is 0 Å². The van der Waals surface area contributed by atoms with Crippen LogP contribution in [0.5, 0.6) is 0 Å². The Hall–Kier alpha value is -0.930. The second kappa shape index (κ2) is 6.81. The van der Waals surface area contributed by atoms with Gasteiger partial charge in [-0.1, -0.05) is 52.8 Å². The normalized spacial score (nSPS) is 52.3. The van der Waals surface area contributed by atoms with E-state index in [2.05, 4.69) is 47.3 Å². The summed E-state index contributed by atoms with van der Waals surface area (Å²) < 4.78 is 0. The van der Waals surface area contributed by atoms with Crippen molar-refractivity contribution < 1.29 is 15.0 Å². The largest absolute Gasteiger partial charge is 0.396 e. The summed E-state index contributed by atoms with van der Waals surface area (Å²) in [6.45, 7) is 16.4. The average Bonchev–Trinajstić information content (AvgIpc) is 2.73. The molecule has 0 amide bonds. The molecule has 8 atom stereocenters. The van der Waals surface area contributed by atoms with Crippen molar-refractivity contribution in [2.24, 2.45) is 44.8 Å². The fourth-order valence-electron chi connectivity index (χ4n) is 10.1. The average molecular weight is 441 g/mol. The third-order valence-electron chi connectivity index (χ3n) is 12.4. The lowest BCUT2D eigenvalue weighted by molar-refractivity contribution is -0.185. The van der Waals surface area contributed by atoms with Gasteiger partial charge >= 0.3 is 0 Å². The van der Waals surface area contributed by atoms with Crippen molar-refractivity contribution in [3.63, 3.8) is 0 Å². The predicted octanol–water partition coefficient (Wildman–Crippen LogP) is 5.85. The van der Waals surface area contributed by atoms with Crippen molar-refractivity contribution in [1.29, 1.82) is 0 Å². The summed E-state index contributed by atoms with van der Waals surface area (Å²) in [5, 5.41) is 21.1. The van der Waals surface area contributed by atoms with Gasteiger partial charge in [0, 0.05) is 23.9 Å². The first-order valence-corrected chi connectivity index (χ1v) is 13.1. The number of aliphatic hydroxyl groups is 2. The highest BCUT2D eigenvalue weighted by Crippen LogP contribution is 2.75. The Labute approximate surface area is 194 Å². The molecule has 0 saturated heterocycles. The number of rotatable bonds is 1. The summed E-state index contributed by atoms with van der Waals surface area (Å²) in [5.41, 5.74) is 2.61. The first-order valence-electron chi connectivity index (χ1n) is 13.1. The SMILES string of the molecule is C=C1CC2C3=CCC4C5(C)CCC(=O)C(C)(C)C5CCC4(C)C3(C)CCC2(CO)CC1O. The van der Waals surface area contributed by atoms with E-state index in [1.165, 1.54) is 6.42 Å². The molecule has 0 aliphatic heterocycles. The molecule has 0 heterocycles. The van der Waals surface area contributed by atoms with E-state index in [1.807, 2.05) is 0 Å². The molecule has 5 aliphatic carbocycles. The number of fused-ring (bicyclic) bond motifs is 7. The Morgan fingerprint density at radius 1 is 1.06 bits per heavy atom. The summed E-state index contributed by atoms with van der Waals surface area (Å²) >= 11 is 0. The van der Waals surface area contributed by atoms with Crippen LogP contribution in [0, 0.1) is 44.8 Å². The van der Waals surface area contributed by atoms with Crippen LogP contribution in [0.4, 0.5) is 0 Å². The quantitative estimate of drug-likeness (QED) is 0.503. The highest BCUT2D eigenvalue weighted by atomic mass is 16.3. The second-order valence-electron chi connectivity index (χ2n) is 13.6. The Balaban J connectivity index is 1.58. The zero-order chi connectivity index (χ0) is 23.3. The van der Waals surface area contributed by atoms with Crippen molar-refractivity contribution >= 4 is 5.78 Å². The van der Waals surface area contributed by atoms with Crippen LogP contribution in [0.2, 0.25) is 0 Å². The minimum atomic E-state index is -0.480. The fraction of sp³-hybridized carbons (Fsp3) is 0.828. The van der Waals surface area contributed by atoms with E-state index in [1.54, 1.807) is 5.57 Å². The van der Waals surface area contributed by atoms with Gasteiger partial charge in [0.1, 0.15) is 5.78 Å². The Morgan fingerprint density at radius 2 is 1.78 bits per heavy atom. The maximum atomic E-state index is 12.9. The minimum absolute atomic E-state index is 0.113. The predicted molar refractivity (Wildman–Crippen MR) is 128 cm³/mol. The van der Waals surface area contributed by atoms with E-state index in [0.29, 0.717) is 30.0 Å². The summed E-state index contributed by atoms with van der Waals surface area (Å²) in [4.78, 5) is 12.9. The van der Waals surface area contributed by atoms with Crippen LogP contribution >= 0.6 is 0 Å². The number of ketones is 1. The Kier molecular flexibility index (Phi) is 4.86. The Bertz CT molecular complexity index is 885. The molecule has 8 unspecified atom stereocenters. The monoisotopic (exact) mass is 440 g/mol. The first kappa shape index (κ1) is 22.8. The van der Waals surface area contributed by atoms with Crippen LogP contribution < -0.4 is 0 Å². The minimum Gasteiger partial charge on any atom is -0.396 e. The zero-order valence-electron chi connectivity index (χ0n) is 21.0. The molecule has 0 aromatic heterocycles. The van der Waals surface area contributed by atoms with Crippen LogP contribution in [0.15, 0.2) is 23.8 Å². The number of hydrogen-bond donors (Lipinski definition) is 2. The Morgan fingerprint density at radius 3 is 2.47 bits per heavy atom. The van der Waals surface area contributed by atoms with Crippen molar-refractivity contribution in [1.82, 2.24) is 0 Å². The van der Waals surface area contributed by atoms with E-state index in [0.717, 1.165) is 50.5 Å². The van der Waals surface area contributed by atoms with Gasteiger partial charge < -0.3 is 10.2 Å². The summed E-state index contributed by atoms with van der Waals surface area (Å²) in [5.74, 6) is 1.83. The lowest BCUT2D eigenvalue weighted by Gasteiger charge is -2.70. The van der Waals surface area contributed by atoms with E-state index in [-0.39, 0.29) is 33.7 Å². The molecule has 4 saturated carbocycles. The molecule has 4 fully saturated rings. The molecular formula is C29H44O3. The number of allylic oxidation sites excluding steroid dienone is 2. The number of Topliss-reactive ketones (excluding diaryl/α,β-unsaturated/α-hetero) is 1. The highest BCUT2D eigenvalue weighted by Gasteiger charge is 2.68. The summed E-state index contributed by atoms with van der Waals surface area (Å²) in [6, 6.07) is 0. The van der Waals surface area contributed by atoms with Gasteiger partial charge in [0.05, 0.1) is 6.10 Å². The highest BCUT2D eigenvalue weighted by molar-refractivity contribution is 5.85. The van der Waals surface area contributed by atoms with Crippen LogP contribution in [0.1, 0.15) is 92.4 Å². The second-order valence-corrected chi connectivity index (χ2v) is 13.6. The van der Waals surface area contributed by atoms with Crippen LogP contribution in [0.25, 0.3) is 0 Å². The van der Waals surface area contributed by atoms with E-state index < -0.39 is 6.10 Å². The molecule has 0 spiro atoms. The van der Waals surface area contributed by atoms with Gasteiger partial charge in [-0.15, -0.1) is 0 Å². The lowest BCUT2D eigenvalue weighted by Crippen LogP contribution is -2.64. The molecule has 3 heteroatoms. The molecule has 3 nitrogen and oxygen atoms in total. The number of carbonyl (C=O) groups excluding carboxylic acids is 1. The maximum Gasteiger partial charge on any atom is 0.138 e. The van der Waals surface area contributed by atoms with E-state index in [9.17, 15) is 15.0 Å². The van der Waals surface area contributed by atoms with Crippen molar-refractivity contribution in [3.05, 3.63) is 23.8 Å². The fourth-order valence-corrected chi connectivity index (χ4v) is 10.1. The van der Waals surface area contributed by atoms with Crippen LogP contribution in [0.3, 0.4) is 0 Å². The van der Waals surface area contributed by atoms with E-state index >= 15 is 0 Å². The molecule has 178 valence electrons. The molecule has 0 bridgehead atoms. The molecule has 0 aromatic carbocycles. The van der Waals surface area contributed by atoms with E-state index in [4.69, 9.17) is 0 Å². The van der Waals surface area contributed by atoms with Gasteiger partial charge in [-0.05, 0) is 90.9 Å². The van der Waals surface area contributed by atoms with Crippen molar-refractivity contribution in [2.75, 3.05) is 6.61 Å². The van der Waals surface area contributed by atoms with Crippen molar-refractivity contribution in [2.45, 2.75) is 98.5 Å². The molecule has 32 heavy (non-hydrogen) atoms. The number of carbonyl (C=O) groups is 1. The molecule has 0 radical (unpaired) electrons. The number of hydrogen-bond acceptors (Lipinski definition) is 3. The molecule has 5 rings (SSSR count). The topological polar surface area (TPSA) is 57.5 Å². The maximum absolute atomic E-state index is 12.9. The van der Waals surface area contributed by atoms with Crippen molar-refractivity contribution in [3.8, 4) is 0 Å². The van der Waals surface area contributed by atoms with Gasteiger partial charge in [-0.3, -0.25) is 4.79 Å². The lowest BCUT2D eigenvalue weighted by atomic mass is 9.34. The first-order chi connectivity index (χ1) is 14.9. The standard InChI is InChI=1S/C29H44O3/c1-18-15-20-19-7-8-23-26(4)11-10-24(32)25(2,3)22(26)9-12-28(23,6)27(19,5)13-14-29(20,17-30)16-21(18)31/h7,20-23,30-31H,1,8-17H2,2-6H3. The van der Waals surface area contributed by atoms with Gasteiger partial charge in [0.2, 0.25) is 0 Å². The van der Waals surface area contributed by atoms with Crippen LogP contribution in [-0.4, -0.2) is 28.7 Å². The van der Waals surface area contributed by atoms with Gasteiger partial charge in [-0.25, -0.2) is 0 Å². The molecular weight excluding hydrogens is 396 g/mol.